The second kappa shape index (κ2) is 5.88. The number of rotatable bonds is 4. The van der Waals surface area contributed by atoms with E-state index in [0.717, 1.165) is 6.07 Å². The number of amides is 2. The maximum Gasteiger partial charge on any atom is 0.425 e. The van der Waals surface area contributed by atoms with Crippen LogP contribution in [0.25, 0.3) is 0 Å². The van der Waals surface area contributed by atoms with Gasteiger partial charge < -0.3 is 19.7 Å². The van der Waals surface area contributed by atoms with Gasteiger partial charge in [0.2, 0.25) is 17.4 Å². The number of likely N-dealkylation sites (N-methyl/N-ethyl adjacent to an activating group) is 1. The molecule has 2 amide bonds. The quantitative estimate of drug-likeness (QED) is 0.863. The standard InChI is InChI=1S/C14H17F3N2O4/c1-8-3-4-10(23-8)13(22,14(15,16)17)7-11(20)18-9-5-6-19(2)12(9)21/h3-4,9,22H,5-7H2,1-2H3,(H,18,20). The van der Waals surface area contributed by atoms with Gasteiger partial charge in [-0.1, -0.05) is 0 Å². The third-order valence-corrected chi connectivity index (χ3v) is 3.80. The first-order valence-electron chi connectivity index (χ1n) is 6.95. The van der Waals surface area contributed by atoms with Gasteiger partial charge in [0.05, 0.1) is 6.42 Å². The van der Waals surface area contributed by atoms with Crippen LogP contribution in [0.4, 0.5) is 13.2 Å². The van der Waals surface area contributed by atoms with Gasteiger partial charge in [-0.15, -0.1) is 0 Å². The van der Waals surface area contributed by atoms with Crippen LogP contribution in [0.5, 0.6) is 0 Å². The van der Waals surface area contributed by atoms with Crippen molar-refractivity contribution in [2.75, 3.05) is 13.6 Å². The predicted octanol–water partition coefficient (Wildman–Crippen LogP) is 1.07. The van der Waals surface area contributed by atoms with E-state index in [2.05, 4.69) is 5.32 Å². The van der Waals surface area contributed by atoms with Crippen molar-refractivity contribution in [1.82, 2.24) is 10.2 Å². The van der Waals surface area contributed by atoms with Crippen LogP contribution in [-0.4, -0.2) is 47.6 Å². The summed E-state index contributed by atoms with van der Waals surface area (Å²) in [4.78, 5) is 25.0. The maximum atomic E-state index is 13.2. The number of alkyl halides is 3. The predicted molar refractivity (Wildman–Crippen MR) is 72.2 cm³/mol. The maximum absolute atomic E-state index is 13.2. The Morgan fingerprint density at radius 3 is 2.57 bits per heavy atom. The fourth-order valence-corrected chi connectivity index (χ4v) is 2.42. The summed E-state index contributed by atoms with van der Waals surface area (Å²) in [5.41, 5.74) is -3.45. The van der Waals surface area contributed by atoms with Gasteiger partial charge in [-0.3, -0.25) is 9.59 Å². The molecule has 0 saturated carbocycles. The number of aliphatic hydroxyl groups is 1. The fraction of sp³-hybridized carbons (Fsp3) is 0.571. The topological polar surface area (TPSA) is 82.8 Å². The molecular weight excluding hydrogens is 317 g/mol. The number of carbonyl (C=O) groups is 2. The Balaban J connectivity index is 2.16. The zero-order chi connectivity index (χ0) is 17.4. The van der Waals surface area contributed by atoms with Gasteiger partial charge in [0.15, 0.2) is 0 Å². The Kier molecular flexibility index (Phi) is 4.43. The molecule has 2 heterocycles. The minimum atomic E-state index is -5.11. The van der Waals surface area contributed by atoms with Crippen molar-refractivity contribution < 1.29 is 32.3 Å². The molecule has 23 heavy (non-hydrogen) atoms. The molecule has 1 fully saturated rings. The molecule has 2 N–H and O–H groups in total. The molecule has 1 aliphatic rings. The van der Waals surface area contributed by atoms with Crippen LogP contribution in [0.3, 0.4) is 0 Å². The Morgan fingerprint density at radius 2 is 2.13 bits per heavy atom. The van der Waals surface area contributed by atoms with E-state index in [1.54, 1.807) is 0 Å². The smallest absolute Gasteiger partial charge is 0.425 e. The highest BCUT2D eigenvalue weighted by Crippen LogP contribution is 2.42. The summed E-state index contributed by atoms with van der Waals surface area (Å²) >= 11 is 0. The van der Waals surface area contributed by atoms with Crippen molar-refractivity contribution in [3.05, 3.63) is 23.7 Å². The molecule has 6 nitrogen and oxygen atoms in total. The lowest BCUT2D eigenvalue weighted by molar-refractivity contribution is -0.273. The van der Waals surface area contributed by atoms with Crippen LogP contribution < -0.4 is 5.32 Å². The lowest BCUT2D eigenvalue weighted by Crippen LogP contribution is -2.48. The molecule has 0 radical (unpaired) electrons. The minimum absolute atomic E-state index is 0.177. The molecule has 2 unspecified atom stereocenters. The summed E-state index contributed by atoms with van der Waals surface area (Å²) in [5, 5.41) is 12.3. The van der Waals surface area contributed by atoms with Crippen molar-refractivity contribution in [1.29, 1.82) is 0 Å². The third kappa shape index (κ3) is 3.34. The molecule has 2 rings (SSSR count). The molecule has 0 aromatic carbocycles. The van der Waals surface area contributed by atoms with Gasteiger partial charge >= 0.3 is 6.18 Å². The van der Waals surface area contributed by atoms with E-state index in [0.29, 0.717) is 13.0 Å². The average Bonchev–Trinajstić information content (AvgIpc) is 2.99. The van der Waals surface area contributed by atoms with Crippen molar-refractivity contribution in [3.63, 3.8) is 0 Å². The van der Waals surface area contributed by atoms with Crippen molar-refractivity contribution >= 4 is 11.8 Å². The largest absolute Gasteiger partial charge is 0.463 e. The van der Waals surface area contributed by atoms with E-state index in [1.807, 2.05) is 0 Å². The van der Waals surface area contributed by atoms with E-state index in [9.17, 15) is 27.9 Å². The van der Waals surface area contributed by atoms with Crippen LogP contribution in [0.1, 0.15) is 24.4 Å². The van der Waals surface area contributed by atoms with Gasteiger partial charge in [-0.2, -0.15) is 13.2 Å². The summed E-state index contributed by atoms with van der Waals surface area (Å²) in [6.07, 6.45) is -6.08. The molecule has 128 valence electrons. The summed E-state index contributed by atoms with van der Waals surface area (Å²) < 4.78 is 44.6. The fourth-order valence-electron chi connectivity index (χ4n) is 2.42. The van der Waals surface area contributed by atoms with E-state index in [4.69, 9.17) is 4.42 Å². The number of halogens is 3. The highest BCUT2D eigenvalue weighted by Gasteiger charge is 2.58. The molecule has 0 bridgehead atoms. The van der Waals surface area contributed by atoms with Gasteiger partial charge in [0, 0.05) is 13.6 Å². The van der Waals surface area contributed by atoms with Crippen molar-refractivity contribution in [2.45, 2.75) is 37.6 Å². The zero-order valence-corrected chi connectivity index (χ0v) is 12.6. The summed E-state index contributed by atoms with van der Waals surface area (Å²) in [7, 11) is 1.53. The van der Waals surface area contributed by atoms with Gasteiger partial charge in [0.25, 0.3) is 0 Å². The number of carbonyl (C=O) groups excluding carboxylic acids is 2. The normalized spacial score (nSPS) is 21.4. The van der Waals surface area contributed by atoms with E-state index in [1.165, 1.54) is 24.9 Å². The Hall–Kier alpha value is -2.03. The molecule has 0 spiro atoms. The monoisotopic (exact) mass is 334 g/mol. The second-order valence-electron chi connectivity index (χ2n) is 5.61. The zero-order valence-electron chi connectivity index (χ0n) is 12.6. The van der Waals surface area contributed by atoms with E-state index < -0.39 is 35.9 Å². The van der Waals surface area contributed by atoms with Gasteiger partial charge in [-0.05, 0) is 25.5 Å². The first kappa shape index (κ1) is 17.3. The molecule has 9 heteroatoms. The number of nitrogens with zero attached hydrogens (tertiary/aromatic N) is 1. The van der Waals surface area contributed by atoms with Crippen LogP contribution in [-0.2, 0) is 15.2 Å². The lowest BCUT2D eigenvalue weighted by Gasteiger charge is -2.28. The van der Waals surface area contributed by atoms with E-state index >= 15 is 0 Å². The third-order valence-electron chi connectivity index (χ3n) is 3.80. The number of nitrogens with one attached hydrogen (secondary N) is 1. The molecule has 2 atom stereocenters. The molecule has 1 aliphatic heterocycles. The second-order valence-corrected chi connectivity index (χ2v) is 5.61. The number of aryl methyl sites for hydroxylation is 1. The van der Waals surface area contributed by atoms with Crippen LogP contribution >= 0.6 is 0 Å². The van der Waals surface area contributed by atoms with Gasteiger partial charge in [-0.25, -0.2) is 0 Å². The molecule has 1 aromatic rings. The molecule has 1 saturated heterocycles. The number of likely N-dealkylation sites (tertiary alicyclic amines) is 1. The summed E-state index contributed by atoms with van der Waals surface area (Å²) in [6, 6.07) is 1.37. The lowest BCUT2D eigenvalue weighted by atomic mass is 9.95. The Morgan fingerprint density at radius 1 is 1.48 bits per heavy atom. The van der Waals surface area contributed by atoms with Gasteiger partial charge in [0.1, 0.15) is 17.6 Å². The van der Waals surface area contributed by atoms with Crippen molar-refractivity contribution in [2.24, 2.45) is 0 Å². The number of furan rings is 1. The highest BCUT2D eigenvalue weighted by atomic mass is 19.4. The summed E-state index contributed by atoms with van der Waals surface area (Å²) in [5.74, 6) is -2.03. The first-order valence-corrected chi connectivity index (χ1v) is 6.95. The Bertz CT molecular complexity index is 613. The summed E-state index contributed by atoms with van der Waals surface area (Å²) in [6.45, 7) is 1.83. The average molecular weight is 334 g/mol. The van der Waals surface area contributed by atoms with E-state index in [-0.39, 0.29) is 11.7 Å². The molecular formula is C14H17F3N2O4. The van der Waals surface area contributed by atoms with Crippen LogP contribution in [0.15, 0.2) is 16.5 Å². The molecule has 0 aliphatic carbocycles. The van der Waals surface area contributed by atoms with Crippen LogP contribution in [0.2, 0.25) is 0 Å². The first-order chi connectivity index (χ1) is 10.5. The Labute approximate surface area is 130 Å². The number of hydrogen-bond acceptors (Lipinski definition) is 4. The van der Waals surface area contributed by atoms with Crippen LogP contribution in [0, 0.1) is 6.92 Å². The number of hydrogen-bond donors (Lipinski definition) is 2. The minimum Gasteiger partial charge on any atom is -0.463 e. The highest BCUT2D eigenvalue weighted by molar-refractivity contribution is 5.89. The SMILES string of the molecule is Cc1ccc(C(O)(CC(=O)NC2CCN(C)C2=O)C(F)(F)F)o1. The van der Waals surface area contributed by atoms with Crippen molar-refractivity contribution in [3.8, 4) is 0 Å². The molecule has 1 aromatic heterocycles.